The van der Waals surface area contributed by atoms with E-state index in [1.807, 2.05) is 13.8 Å². The fourth-order valence-electron chi connectivity index (χ4n) is 2.99. The van der Waals surface area contributed by atoms with Crippen molar-refractivity contribution in [3.63, 3.8) is 0 Å². The monoisotopic (exact) mass is 448 g/mol. The quantitative estimate of drug-likeness (QED) is 0.612. The molecule has 0 unspecified atom stereocenters. The van der Waals surface area contributed by atoms with Crippen LogP contribution in [0.25, 0.3) is 0 Å². The van der Waals surface area contributed by atoms with Crippen molar-refractivity contribution in [3.8, 4) is 0 Å². The Morgan fingerprint density at radius 1 is 1.10 bits per heavy atom. The van der Waals surface area contributed by atoms with E-state index >= 15 is 0 Å². The Morgan fingerprint density at radius 2 is 1.70 bits per heavy atom. The summed E-state index contributed by atoms with van der Waals surface area (Å²) < 4.78 is 5.27. The van der Waals surface area contributed by atoms with Crippen LogP contribution in [0.5, 0.6) is 0 Å². The maximum Gasteiger partial charge on any atom is 0.408 e. The molecule has 1 aromatic heterocycles. The van der Waals surface area contributed by atoms with E-state index in [-0.39, 0.29) is 11.7 Å². The van der Waals surface area contributed by atoms with Crippen molar-refractivity contribution < 1.29 is 19.1 Å². The fraction of sp³-hybridized carbons (Fsp3) is 0.409. The molecule has 1 fully saturated rings. The largest absolute Gasteiger partial charge is 0.444 e. The van der Waals surface area contributed by atoms with Crippen LogP contribution in [0.1, 0.15) is 60.0 Å². The third-order valence-corrected chi connectivity index (χ3v) is 6.25. The SMILES string of the molecule is Cc1sc(NC(=O)C2(NC(=O)OC(C)(C)C)CC2)c(C(=O)c2ccc(Cl)cc2)c1C. The minimum absolute atomic E-state index is 0.186. The predicted molar refractivity (Wildman–Crippen MR) is 119 cm³/mol. The number of amides is 2. The zero-order valence-electron chi connectivity index (χ0n) is 17.6. The van der Waals surface area contributed by atoms with Gasteiger partial charge in [-0.3, -0.25) is 9.59 Å². The van der Waals surface area contributed by atoms with Crippen LogP contribution in [0.3, 0.4) is 0 Å². The molecule has 8 heteroatoms. The average molecular weight is 449 g/mol. The van der Waals surface area contributed by atoms with E-state index in [1.54, 1.807) is 45.0 Å². The molecule has 0 aliphatic heterocycles. The van der Waals surface area contributed by atoms with Gasteiger partial charge in [-0.05, 0) is 77.3 Å². The number of hydrogen-bond acceptors (Lipinski definition) is 5. The maximum atomic E-state index is 13.1. The molecule has 0 atom stereocenters. The summed E-state index contributed by atoms with van der Waals surface area (Å²) >= 11 is 7.27. The Kier molecular flexibility index (Phi) is 5.98. The van der Waals surface area contributed by atoms with Crippen LogP contribution >= 0.6 is 22.9 Å². The normalized spacial score (nSPS) is 14.7. The van der Waals surface area contributed by atoms with Gasteiger partial charge in [0.05, 0.1) is 5.56 Å². The van der Waals surface area contributed by atoms with Gasteiger partial charge in [0.15, 0.2) is 5.78 Å². The van der Waals surface area contributed by atoms with Crippen molar-refractivity contribution in [2.75, 3.05) is 5.32 Å². The summed E-state index contributed by atoms with van der Waals surface area (Å²) in [5.41, 5.74) is 0.108. The van der Waals surface area contributed by atoms with E-state index in [0.717, 1.165) is 10.4 Å². The van der Waals surface area contributed by atoms with Crippen LogP contribution in [0, 0.1) is 13.8 Å². The number of carbonyl (C=O) groups is 3. The lowest BCUT2D eigenvalue weighted by molar-refractivity contribution is -0.119. The van der Waals surface area contributed by atoms with Gasteiger partial charge in [0.1, 0.15) is 16.1 Å². The first-order valence-corrected chi connectivity index (χ1v) is 10.8. The highest BCUT2D eigenvalue weighted by Gasteiger charge is 2.52. The van der Waals surface area contributed by atoms with Gasteiger partial charge in [0.25, 0.3) is 5.91 Å². The Morgan fingerprint density at radius 3 is 2.23 bits per heavy atom. The number of anilines is 1. The Balaban J connectivity index is 1.81. The molecule has 0 saturated heterocycles. The number of alkyl carbamates (subject to hydrolysis) is 1. The second-order valence-electron chi connectivity index (χ2n) is 8.49. The summed E-state index contributed by atoms with van der Waals surface area (Å²) in [5.74, 6) is -0.534. The summed E-state index contributed by atoms with van der Waals surface area (Å²) in [6, 6.07) is 6.64. The Hall–Kier alpha value is -2.38. The molecular weight excluding hydrogens is 424 g/mol. The molecule has 1 aromatic carbocycles. The van der Waals surface area contributed by atoms with E-state index in [2.05, 4.69) is 10.6 Å². The van der Waals surface area contributed by atoms with Gasteiger partial charge in [-0.25, -0.2) is 4.79 Å². The smallest absolute Gasteiger partial charge is 0.408 e. The van der Waals surface area contributed by atoms with E-state index in [1.165, 1.54) is 11.3 Å². The fourth-order valence-corrected chi connectivity index (χ4v) is 4.17. The van der Waals surface area contributed by atoms with E-state index in [4.69, 9.17) is 16.3 Å². The van der Waals surface area contributed by atoms with Gasteiger partial charge in [0, 0.05) is 15.5 Å². The van der Waals surface area contributed by atoms with Crippen molar-refractivity contribution in [2.45, 2.75) is 58.6 Å². The van der Waals surface area contributed by atoms with E-state index < -0.39 is 17.2 Å². The second kappa shape index (κ2) is 8.04. The van der Waals surface area contributed by atoms with Crippen molar-refractivity contribution in [1.29, 1.82) is 0 Å². The van der Waals surface area contributed by atoms with Crippen LogP contribution in [0.15, 0.2) is 24.3 Å². The first kappa shape index (κ1) is 22.3. The second-order valence-corrected chi connectivity index (χ2v) is 10.1. The number of hydrogen-bond donors (Lipinski definition) is 2. The molecule has 1 aliphatic carbocycles. The summed E-state index contributed by atoms with van der Waals surface area (Å²) in [6.07, 6.45) is 0.398. The summed E-state index contributed by atoms with van der Waals surface area (Å²) in [6.45, 7) is 9.05. The molecule has 1 heterocycles. The maximum absolute atomic E-state index is 13.1. The lowest BCUT2D eigenvalue weighted by Crippen LogP contribution is -2.47. The first-order chi connectivity index (χ1) is 13.9. The number of ether oxygens (including phenoxy) is 1. The van der Waals surface area contributed by atoms with E-state index in [9.17, 15) is 14.4 Å². The number of ketones is 1. The van der Waals surface area contributed by atoms with Crippen molar-refractivity contribution in [3.05, 3.63) is 50.9 Å². The molecule has 0 bridgehead atoms. The number of rotatable bonds is 5. The zero-order valence-corrected chi connectivity index (χ0v) is 19.2. The van der Waals surface area contributed by atoms with Gasteiger partial charge in [0.2, 0.25) is 0 Å². The highest BCUT2D eigenvalue weighted by molar-refractivity contribution is 7.16. The standard InChI is InChI=1S/C22H25ClN2O4S/c1-12-13(2)30-18(16(12)17(26)14-6-8-15(23)9-7-14)24-19(27)22(10-11-22)25-20(28)29-21(3,4)5/h6-9H,10-11H2,1-5H3,(H,24,27)(H,25,28). The van der Waals surface area contributed by atoms with Crippen LogP contribution in [-0.2, 0) is 9.53 Å². The molecule has 30 heavy (non-hydrogen) atoms. The molecule has 1 saturated carbocycles. The molecule has 2 N–H and O–H groups in total. The Labute approximate surface area is 185 Å². The molecule has 160 valence electrons. The third-order valence-electron chi connectivity index (χ3n) is 4.87. The van der Waals surface area contributed by atoms with Gasteiger partial charge in [-0.15, -0.1) is 11.3 Å². The highest BCUT2D eigenvalue weighted by Crippen LogP contribution is 2.40. The number of benzene rings is 1. The molecule has 1 aliphatic rings. The minimum Gasteiger partial charge on any atom is -0.444 e. The van der Waals surface area contributed by atoms with Crippen LogP contribution in [0.2, 0.25) is 5.02 Å². The number of thiophene rings is 1. The van der Waals surface area contributed by atoms with Crippen LogP contribution in [-0.4, -0.2) is 28.9 Å². The van der Waals surface area contributed by atoms with Crippen molar-refractivity contribution in [1.82, 2.24) is 5.32 Å². The van der Waals surface area contributed by atoms with Gasteiger partial charge in [-0.2, -0.15) is 0 Å². The highest BCUT2D eigenvalue weighted by atomic mass is 35.5. The summed E-state index contributed by atoms with van der Waals surface area (Å²) in [7, 11) is 0. The number of halogens is 1. The molecule has 3 rings (SSSR count). The molecule has 0 radical (unpaired) electrons. The lowest BCUT2D eigenvalue weighted by atomic mass is 10.0. The van der Waals surface area contributed by atoms with Crippen molar-refractivity contribution in [2.24, 2.45) is 0 Å². The first-order valence-electron chi connectivity index (χ1n) is 9.65. The molecule has 6 nitrogen and oxygen atoms in total. The van der Waals surface area contributed by atoms with E-state index in [0.29, 0.717) is 34.0 Å². The van der Waals surface area contributed by atoms with Crippen LogP contribution < -0.4 is 10.6 Å². The van der Waals surface area contributed by atoms with Crippen LogP contribution in [0.4, 0.5) is 9.80 Å². The average Bonchev–Trinajstić information content (AvgIpc) is 3.35. The van der Waals surface area contributed by atoms with Gasteiger partial charge < -0.3 is 15.4 Å². The molecule has 2 amide bonds. The van der Waals surface area contributed by atoms with Gasteiger partial charge >= 0.3 is 6.09 Å². The number of nitrogens with one attached hydrogen (secondary N) is 2. The number of carbonyl (C=O) groups excluding carboxylic acids is 3. The third kappa shape index (κ3) is 4.84. The predicted octanol–water partition coefficient (Wildman–Crippen LogP) is 5.25. The summed E-state index contributed by atoms with van der Waals surface area (Å²) in [4.78, 5) is 39.2. The Bertz CT molecular complexity index is 1000. The zero-order chi connectivity index (χ0) is 22.3. The summed E-state index contributed by atoms with van der Waals surface area (Å²) in [5, 5.41) is 6.57. The van der Waals surface area contributed by atoms with Crippen molar-refractivity contribution >= 4 is 45.7 Å². The van der Waals surface area contributed by atoms with Gasteiger partial charge in [-0.1, -0.05) is 11.6 Å². The number of aryl methyl sites for hydroxylation is 1. The molecule has 2 aromatic rings. The molecular formula is C22H25ClN2O4S. The minimum atomic E-state index is -1.01. The topological polar surface area (TPSA) is 84.5 Å². The molecule has 0 spiro atoms. The lowest BCUT2D eigenvalue weighted by Gasteiger charge is -2.23.